The standard InChI is InChI=1S/C48H48Cl2N4O8/c1-28-29(2)51-19-18-42(28)61-37-13-8-30(9-14-37)21-40(47(56)57)53-46(55)41-22-33-23-43-44(24-34(33)25-54(41)48(58)52-35-6-4-3-5-7-35)62-45(27-60-43)32-11-15-36(16-12-32)59-26-31-10-17-38(49)39(50)20-31/h8-20,23-24,35,40-41,45H,3-7,21-22,25-27H2,1-2H3,(H,52,58)(H,53,55)(H,56,57)/t40-,41-,45+/m0/s1. The fraction of sp³-hybridized carbons (Fsp3) is 0.333. The number of hydrogen-bond acceptors (Lipinski definition) is 8. The summed E-state index contributed by atoms with van der Waals surface area (Å²) in [7, 11) is 0. The minimum Gasteiger partial charge on any atom is -0.489 e. The number of nitrogens with one attached hydrogen (secondary N) is 2. The SMILES string of the molecule is Cc1nccc(Oc2ccc(C[C@H](NC(=O)[C@@H]3Cc4cc5c(cc4CN3C(=O)NC3CCCCC3)O[C@@H](c3ccc(OCc4ccc(Cl)c(Cl)c4)cc3)CO5)C(=O)O)cc2)c1C. The molecule has 12 nitrogen and oxygen atoms in total. The van der Waals surface area contributed by atoms with E-state index < -0.39 is 30.1 Å². The van der Waals surface area contributed by atoms with E-state index in [1.807, 2.05) is 56.3 Å². The van der Waals surface area contributed by atoms with Crippen LogP contribution in [0.15, 0.2) is 91.1 Å². The molecule has 62 heavy (non-hydrogen) atoms. The molecule has 0 bridgehead atoms. The summed E-state index contributed by atoms with van der Waals surface area (Å²) in [5.74, 6) is 1.28. The van der Waals surface area contributed by atoms with Crippen molar-refractivity contribution >= 4 is 41.1 Å². The Balaban J connectivity index is 0.956. The Kier molecular flexibility index (Phi) is 13.1. The Morgan fingerprint density at radius 2 is 1.60 bits per heavy atom. The predicted molar refractivity (Wildman–Crippen MR) is 234 cm³/mol. The van der Waals surface area contributed by atoms with Crippen LogP contribution in [-0.2, 0) is 35.6 Å². The van der Waals surface area contributed by atoms with E-state index in [4.69, 9.17) is 42.1 Å². The van der Waals surface area contributed by atoms with Crippen LogP contribution < -0.4 is 29.6 Å². The van der Waals surface area contributed by atoms with Crippen molar-refractivity contribution < 1.29 is 38.4 Å². The number of nitrogens with zero attached hydrogens (tertiary/aromatic N) is 2. The second-order valence-electron chi connectivity index (χ2n) is 16.1. The number of halogens is 2. The molecule has 322 valence electrons. The quantitative estimate of drug-likeness (QED) is 0.111. The van der Waals surface area contributed by atoms with Crippen molar-refractivity contribution in [1.82, 2.24) is 20.5 Å². The van der Waals surface area contributed by atoms with E-state index in [0.717, 1.165) is 65.6 Å². The number of rotatable bonds is 12. The first-order valence-electron chi connectivity index (χ1n) is 20.9. The molecule has 1 saturated carbocycles. The van der Waals surface area contributed by atoms with Crippen molar-refractivity contribution in [2.24, 2.45) is 0 Å². The van der Waals surface area contributed by atoms with Gasteiger partial charge in [-0.15, -0.1) is 0 Å². The monoisotopic (exact) mass is 878 g/mol. The van der Waals surface area contributed by atoms with E-state index in [1.54, 1.807) is 48.7 Å². The summed E-state index contributed by atoms with van der Waals surface area (Å²) in [6, 6.07) is 23.0. The molecule has 0 radical (unpaired) electrons. The number of carboxylic acids is 1. The van der Waals surface area contributed by atoms with E-state index >= 15 is 0 Å². The van der Waals surface area contributed by atoms with Gasteiger partial charge in [0.05, 0.1) is 10.0 Å². The number of aliphatic carboxylic acids is 1. The van der Waals surface area contributed by atoms with Gasteiger partial charge in [0.25, 0.3) is 0 Å². The molecule has 0 saturated heterocycles. The van der Waals surface area contributed by atoms with Crippen molar-refractivity contribution in [3.8, 4) is 28.7 Å². The average Bonchev–Trinajstić information content (AvgIpc) is 3.27. The van der Waals surface area contributed by atoms with Crippen LogP contribution in [0, 0.1) is 13.8 Å². The molecule has 8 rings (SSSR count). The molecule has 3 aliphatic rings. The van der Waals surface area contributed by atoms with Crippen LogP contribution in [-0.4, -0.2) is 57.6 Å². The first-order valence-corrected chi connectivity index (χ1v) is 21.6. The highest BCUT2D eigenvalue weighted by Gasteiger charge is 2.38. The van der Waals surface area contributed by atoms with E-state index in [1.165, 1.54) is 4.90 Å². The van der Waals surface area contributed by atoms with Gasteiger partial charge in [0.1, 0.15) is 42.5 Å². The van der Waals surface area contributed by atoms with Gasteiger partial charge in [0.2, 0.25) is 5.91 Å². The number of aromatic nitrogens is 1. The lowest BCUT2D eigenvalue weighted by Gasteiger charge is -2.38. The highest BCUT2D eigenvalue weighted by molar-refractivity contribution is 6.42. The van der Waals surface area contributed by atoms with E-state index in [2.05, 4.69) is 15.6 Å². The molecule has 3 N–H and O–H groups in total. The maximum absolute atomic E-state index is 14.2. The molecule has 2 aliphatic heterocycles. The highest BCUT2D eigenvalue weighted by Crippen LogP contribution is 2.41. The lowest BCUT2D eigenvalue weighted by molar-refractivity contribution is -0.142. The van der Waals surface area contributed by atoms with Crippen LogP contribution in [0.4, 0.5) is 4.79 Å². The average molecular weight is 880 g/mol. The van der Waals surface area contributed by atoms with Gasteiger partial charge in [-0.1, -0.05) is 72.8 Å². The maximum atomic E-state index is 14.2. The van der Waals surface area contributed by atoms with Crippen LogP contribution in [0.25, 0.3) is 0 Å². The second-order valence-corrected chi connectivity index (χ2v) is 16.9. The Morgan fingerprint density at radius 1 is 0.871 bits per heavy atom. The Morgan fingerprint density at radius 3 is 2.34 bits per heavy atom. The zero-order valence-corrected chi connectivity index (χ0v) is 36.0. The van der Waals surface area contributed by atoms with Crippen LogP contribution in [0.1, 0.15) is 77.3 Å². The molecule has 0 unspecified atom stereocenters. The number of ether oxygens (including phenoxy) is 4. The fourth-order valence-electron chi connectivity index (χ4n) is 8.09. The Labute approximate surface area is 370 Å². The third kappa shape index (κ3) is 10.0. The topological polar surface area (TPSA) is 149 Å². The lowest BCUT2D eigenvalue weighted by atomic mass is 9.92. The van der Waals surface area contributed by atoms with Gasteiger partial charge in [-0.2, -0.15) is 0 Å². The maximum Gasteiger partial charge on any atom is 0.326 e. The van der Waals surface area contributed by atoms with Crippen molar-refractivity contribution in [2.45, 2.75) is 96.2 Å². The highest BCUT2D eigenvalue weighted by atomic mass is 35.5. The van der Waals surface area contributed by atoms with Crippen LogP contribution in [0.5, 0.6) is 28.7 Å². The number of hydrogen-bond donors (Lipinski definition) is 3. The van der Waals surface area contributed by atoms with Gasteiger partial charge < -0.3 is 39.6 Å². The molecule has 3 amide bonds. The summed E-state index contributed by atoms with van der Waals surface area (Å²) >= 11 is 12.2. The van der Waals surface area contributed by atoms with Crippen molar-refractivity contribution in [3.05, 3.63) is 140 Å². The molecule has 1 aliphatic carbocycles. The largest absolute Gasteiger partial charge is 0.489 e. The van der Waals surface area contributed by atoms with Crippen molar-refractivity contribution in [2.75, 3.05) is 6.61 Å². The molecule has 0 spiro atoms. The Bertz CT molecular complexity index is 2440. The Hall–Kier alpha value is -5.98. The van der Waals surface area contributed by atoms with Crippen molar-refractivity contribution in [1.29, 1.82) is 0 Å². The summed E-state index contributed by atoms with van der Waals surface area (Å²) in [5, 5.41) is 17.2. The molecule has 1 fully saturated rings. The minimum absolute atomic E-state index is 0.000296. The van der Waals surface area contributed by atoms with Gasteiger partial charge >= 0.3 is 12.0 Å². The molecule has 3 atom stereocenters. The molecule has 3 heterocycles. The van der Waals surface area contributed by atoms with Gasteiger partial charge in [0.15, 0.2) is 17.6 Å². The molecule has 5 aromatic rings. The van der Waals surface area contributed by atoms with Gasteiger partial charge in [-0.3, -0.25) is 9.78 Å². The first-order chi connectivity index (χ1) is 30.0. The number of carbonyl (C=O) groups is 3. The lowest BCUT2D eigenvalue weighted by Crippen LogP contribution is -2.58. The smallest absolute Gasteiger partial charge is 0.326 e. The van der Waals surface area contributed by atoms with Crippen molar-refractivity contribution in [3.63, 3.8) is 0 Å². The third-order valence-electron chi connectivity index (χ3n) is 11.8. The summed E-state index contributed by atoms with van der Waals surface area (Å²) in [6.07, 6.45) is 6.37. The zero-order valence-electron chi connectivity index (χ0n) is 34.5. The van der Waals surface area contributed by atoms with Crippen LogP contribution >= 0.6 is 23.2 Å². The molecular formula is C48H48Cl2N4O8. The minimum atomic E-state index is -1.25. The number of pyridine rings is 1. The van der Waals surface area contributed by atoms with E-state index in [-0.39, 0.29) is 38.1 Å². The molecule has 1 aromatic heterocycles. The molecular weight excluding hydrogens is 831 g/mol. The van der Waals surface area contributed by atoms with Crippen LogP contribution in [0.2, 0.25) is 10.0 Å². The van der Waals surface area contributed by atoms with E-state index in [9.17, 15) is 19.5 Å². The normalized spacial score (nSPS) is 17.6. The summed E-state index contributed by atoms with van der Waals surface area (Å²) in [5.41, 5.74) is 5.91. The number of amides is 3. The summed E-state index contributed by atoms with van der Waals surface area (Å²) in [4.78, 5) is 46.6. The molecule has 4 aromatic carbocycles. The van der Waals surface area contributed by atoms with Crippen LogP contribution in [0.3, 0.4) is 0 Å². The first kappa shape index (κ1) is 42.7. The molecule has 14 heteroatoms. The predicted octanol–water partition coefficient (Wildman–Crippen LogP) is 9.47. The zero-order chi connectivity index (χ0) is 43.3. The summed E-state index contributed by atoms with van der Waals surface area (Å²) < 4.78 is 24.7. The van der Waals surface area contributed by atoms with Gasteiger partial charge in [0, 0.05) is 42.9 Å². The second kappa shape index (κ2) is 19.0. The number of carbonyl (C=O) groups excluding carboxylic acids is 2. The number of urea groups is 1. The third-order valence-corrected chi connectivity index (χ3v) is 12.5. The number of aryl methyl sites for hydroxylation is 1. The number of carboxylic acid groups (broad SMARTS) is 1. The number of fused-ring (bicyclic) bond motifs is 2. The van der Waals surface area contributed by atoms with E-state index in [0.29, 0.717) is 51.0 Å². The number of benzene rings is 4. The van der Waals surface area contributed by atoms with Gasteiger partial charge in [-0.05, 0) is 109 Å². The summed E-state index contributed by atoms with van der Waals surface area (Å²) in [6.45, 7) is 4.55. The fourth-order valence-corrected chi connectivity index (χ4v) is 8.41. The van der Waals surface area contributed by atoms with Gasteiger partial charge in [-0.25, -0.2) is 9.59 Å².